The second-order valence-corrected chi connectivity index (χ2v) is 4.33. The van der Waals surface area contributed by atoms with Gasteiger partial charge in [-0.15, -0.1) is 0 Å². The van der Waals surface area contributed by atoms with E-state index in [-0.39, 0.29) is 24.6 Å². The van der Waals surface area contributed by atoms with E-state index in [0.717, 1.165) is 12.1 Å². The average molecular weight is 280 g/mol. The molecule has 1 aromatic heterocycles. The van der Waals surface area contributed by atoms with Crippen LogP contribution in [0.5, 0.6) is 5.75 Å². The SMILES string of the molecule is Cc1ncc(CO)c(CNc2ccc(F)cc2F)c1O. The van der Waals surface area contributed by atoms with Crippen LogP contribution in [0.3, 0.4) is 0 Å². The van der Waals surface area contributed by atoms with Crippen molar-refractivity contribution in [2.75, 3.05) is 5.32 Å². The maximum Gasteiger partial charge on any atom is 0.149 e. The number of aliphatic hydroxyl groups is 1. The summed E-state index contributed by atoms with van der Waals surface area (Å²) in [6, 6.07) is 3.18. The van der Waals surface area contributed by atoms with Crippen LogP contribution in [-0.4, -0.2) is 15.2 Å². The maximum atomic E-state index is 13.5. The number of anilines is 1. The Labute approximate surface area is 114 Å². The Morgan fingerprint density at radius 1 is 1.30 bits per heavy atom. The van der Waals surface area contributed by atoms with Gasteiger partial charge >= 0.3 is 0 Å². The summed E-state index contributed by atoms with van der Waals surface area (Å²) in [6.07, 6.45) is 1.45. The molecule has 0 atom stereocenters. The van der Waals surface area contributed by atoms with Gasteiger partial charge in [-0.25, -0.2) is 8.78 Å². The Bertz CT molecular complexity index is 633. The molecule has 0 fully saturated rings. The highest BCUT2D eigenvalue weighted by atomic mass is 19.1. The van der Waals surface area contributed by atoms with Crippen LogP contribution in [-0.2, 0) is 13.2 Å². The van der Waals surface area contributed by atoms with Gasteiger partial charge in [-0.2, -0.15) is 0 Å². The highest BCUT2D eigenvalue weighted by Crippen LogP contribution is 2.25. The highest BCUT2D eigenvalue weighted by molar-refractivity contribution is 5.48. The zero-order valence-electron chi connectivity index (χ0n) is 10.8. The van der Waals surface area contributed by atoms with Crippen LogP contribution >= 0.6 is 0 Å². The minimum Gasteiger partial charge on any atom is -0.506 e. The summed E-state index contributed by atoms with van der Waals surface area (Å²) in [7, 11) is 0. The number of nitrogens with zero attached hydrogens (tertiary/aromatic N) is 1. The number of aryl methyl sites for hydroxylation is 1. The van der Waals surface area contributed by atoms with Gasteiger partial charge in [0.25, 0.3) is 0 Å². The molecule has 20 heavy (non-hydrogen) atoms. The number of pyridine rings is 1. The molecule has 0 unspecified atom stereocenters. The lowest BCUT2D eigenvalue weighted by atomic mass is 10.1. The summed E-state index contributed by atoms with van der Waals surface area (Å²) in [4.78, 5) is 3.93. The molecular formula is C14H14F2N2O2. The van der Waals surface area contributed by atoms with Crippen molar-refractivity contribution in [1.29, 1.82) is 0 Å². The van der Waals surface area contributed by atoms with Crippen LogP contribution < -0.4 is 5.32 Å². The minimum absolute atomic E-state index is 0.0495. The van der Waals surface area contributed by atoms with Crippen LogP contribution in [0.4, 0.5) is 14.5 Å². The fourth-order valence-corrected chi connectivity index (χ4v) is 1.83. The van der Waals surface area contributed by atoms with Crippen molar-refractivity contribution in [1.82, 2.24) is 4.98 Å². The molecule has 4 nitrogen and oxygen atoms in total. The van der Waals surface area contributed by atoms with Crippen molar-refractivity contribution >= 4 is 5.69 Å². The molecule has 0 radical (unpaired) electrons. The molecule has 0 saturated carbocycles. The van der Waals surface area contributed by atoms with Crippen LogP contribution in [0.15, 0.2) is 24.4 Å². The minimum atomic E-state index is -0.721. The first kappa shape index (κ1) is 14.2. The molecule has 3 N–H and O–H groups in total. The Hall–Kier alpha value is -2.21. The Kier molecular flexibility index (Phi) is 4.14. The van der Waals surface area contributed by atoms with E-state index in [1.165, 1.54) is 12.3 Å². The maximum absolute atomic E-state index is 13.5. The van der Waals surface area contributed by atoms with Gasteiger partial charge in [0.15, 0.2) is 0 Å². The van der Waals surface area contributed by atoms with E-state index in [9.17, 15) is 19.0 Å². The predicted octanol–water partition coefficient (Wildman–Crippen LogP) is 2.48. The number of benzene rings is 1. The van der Waals surface area contributed by atoms with E-state index in [2.05, 4.69) is 10.3 Å². The number of hydrogen-bond donors (Lipinski definition) is 3. The van der Waals surface area contributed by atoms with E-state index in [1.807, 2.05) is 0 Å². The predicted molar refractivity (Wildman–Crippen MR) is 70.2 cm³/mol. The molecule has 0 aliphatic heterocycles. The first-order chi connectivity index (χ1) is 9.52. The topological polar surface area (TPSA) is 65.4 Å². The lowest BCUT2D eigenvalue weighted by Gasteiger charge is -2.13. The Morgan fingerprint density at radius 3 is 2.70 bits per heavy atom. The second-order valence-electron chi connectivity index (χ2n) is 4.33. The van der Waals surface area contributed by atoms with E-state index >= 15 is 0 Å². The number of hydrogen-bond acceptors (Lipinski definition) is 4. The molecule has 0 bridgehead atoms. The van der Waals surface area contributed by atoms with E-state index in [4.69, 9.17) is 0 Å². The lowest BCUT2D eigenvalue weighted by Crippen LogP contribution is -2.06. The molecule has 0 amide bonds. The van der Waals surface area contributed by atoms with Crippen LogP contribution in [0.2, 0.25) is 0 Å². The third kappa shape index (κ3) is 2.85. The molecule has 0 aliphatic rings. The molecule has 0 spiro atoms. The van der Waals surface area contributed by atoms with Crippen LogP contribution in [0, 0.1) is 18.6 Å². The quantitative estimate of drug-likeness (QED) is 0.805. The normalized spacial score (nSPS) is 10.6. The first-order valence-electron chi connectivity index (χ1n) is 5.99. The van der Waals surface area contributed by atoms with Crippen molar-refractivity contribution in [2.45, 2.75) is 20.1 Å². The molecule has 0 saturated heterocycles. The van der Waals surface area contributed by atoms with Crippen molar-refractivity contribution in [3.8, 4) is 5.75 Å². The van der Waals surface area contributed by atoms with Gasteiger partial charge in [-0.1, -0.05) is 0 Å². The monoisotopic (exact) mass is 280 g/mol. The zero-order chi connectivity index (χ0) is 14.7. The number of halogens is 2. The van der Waals surface area contributed by atoms with Gasteiger partial charge < -0.3 is 15.5 Å². The van der Waals surface area contributed by atoms with Gasteiger partial charge in [-0.05, 0) is 19.1 Å². The van der Waals surface area contributed by atoms with Gasteiger partial charge in [-0.3, -0.25) is 4.98 Å². The Morgan fingerprint density at radius 2 is 2.05 bits per heavy atom. The summed E-state index contributed by atoms with van der Waals surface area (Å²) in [5.74, 6) is -1.43. The largest absolute Gasteiger partial charge is 0.506 e. The van der Waals surface area contributed by atoms with E-state index < -0.39 is 11.6 Å². The van der Waals surface area contributed by atoms with Gasteiger partial charge in [0.05, 0.1) is 18.0 Å². The fraction of sp³-hybridized carbons (Fsp3) is 0.214. The van der Waals surface area contributed by atoms with Gasteiger partial charge in [0.2, 0.25) is 0 Å². The smallest absolute Gasteiger partial charge is 0.149 e. The molecule has 1 aromatic carbocycles. The number of nitrogens with one attached hydrogen (secondary N) is 1. The number of aliphatic hydroxyl groups excluding tert-OH is 1. The lowest BCUT2D eigenvalue weighted by molar-refractivity contribution is 0.279. The summed E-state index contributed by atoms with van der Waals surface area (Å²) in [5, 5.41) is 21.9. The van der Waals surface area contributed by atoms with E-state index in [0.29, 0.717) is 16.8 Å². The summed E-state index contributed by atoms with van der Waals surface area (Å²) >= 11 is 0. The van der Waals surface area contributed by atoms with Crippen molar-refractivity contribution < 1.29 is 19.0 Å². The number of aromatic nitrogens is 1. The summed E-state index contributed by atoms with van der Waals surface area (Å²) in [5.41, 5.74) is 1.41. The standard InChI is InChI=1S/C14H14F2N2O2/c1-8-14(20)11(9(7-19)5-17-8)6-18-13-3-2-10(15)4-12(13)16/h2-5,18-20H,6-7H2,1H3. The van der Waals surface area contributed by atoms with Gasteiger partial charge in [0, 0.05) is 29.9 Å². The molecule has 1 heterocycles. The molecular weight excluding hydrogens is 266 g/mol. The van der Waals surface area contributed by atoms with Crippen LogP contribution in [0.25, 0.3) is 0 Å². The average Bonchev–Trinajstić information content (AvgIpc) is 2.42. The number of aromatic hydroxyl groups is 1. The number of rotatable bonds is 4. The second kappa shape index (κ2) is 5.83. The molecule has 106 valence electrons. The van der Waals surface area contributed by atoms with Crippen molar-refractivity contribution in [2.24, 2.45) is 0 Å². The van der Waals surface area contributed by atoms with Crippen molar-refractivity contribution in [3.63, 3.8) is 0 Å². The fourth-order valence-electron chi connectivity index (χ4n) is 1.83. The third-order valence-electron chi connectivity index (χ3n) is 2.99. The summed E-state index contributed by atoms with van der Waals surface area (Å²) in [6.45, 7) is 1.43. The first-order valence-corrected chi connectivity index (χ1v) is 5.99. The van der Waals surface area contributed by atoms with Gasteiger partial charge in [0.1, 0.15) is 17.4 Å². The molecule has 2 rings (SSSR count). The van der Waals surface area contributed by atoms with E-state index in [1.54, 1.807) is 6.92 Å². The molecule has 0 aliphatic carbocycles. The highest BCUT2D eigenvalue weighted by Gasteiger charge is 2.12. The van der Waals surface area contributed by atoms with Crippen molar-refractivity contribution in [3.05, 3.63) is 52.9 Å². The van der Waals surface area contributed by atoms with Crippen LogP contribution in [0.1, 0.15) is 16.8 Å². The third-order valence-corrected chi connectivity index (χ3v) is 2.99. The molecule has 2 aromatic rings. The molecule has 6 heteroatoms. The zero-order valence-corrected chi connectivity index (χ0v) is 10.8. The Balaban J connectivity index is 2.24. The summed E-state index contributed by atoms with van der Waals surface area (Å²) < 4.78 is 26.3.